The maximum Gasteiger partial charge on any atom is 0.227 e. The Kier molecular flexibility index (Phi) is 5.67. The lowest BCUT2D eigenvalue weighted by molar-refractivity contribution is -0.114. The molecule has 0 saturated carbocycles. The molecule has 1 amide bonds. The Morgan fingerprint density at radius 1 is 1.07 bits per heavy atom. The molecule has 1 fully saturated rings. The van der Waals surface area contributed by atoms with Crippen LogP contribution in [0.1, 0.15) is 9.78 Å². The lowest BCUT2D eigenvalue weighted by atomic mass is 10.1. The van der Waals surface area contributed by atoms with E-state index in [1.807, 2.05) is 42.5 Å². The number of hydrogen-bond donors (Lipinski definition) is 2. The van der Waals surface area contributed by atoms with Crippen LogP contribution in [-0.2, 0) is 9.53 Å². The third-order valence-corrected chi connectivity index (χ3v) is 4.67. The van der Waals surface area contributed by atoms with E-state index < -0.39 is 0 Å². The fraction of sp³-hybridized carbons (Fsp3) is 0.227. The monoisotopic (exact) mass is 393 g/mol. The first-order chi connectivity index (χ1) is 14.2. The van der Waals surface area contributed by atoms with E-state index in [1.54, 1.807) is 6.20 Å². The summed E-state index contributed by atoms with van der Waals surface area (Å²) in [5.41, 5.74) is 4.39. The third-order valence-electron chi connectivity index (χ3n) is 4.67. The molecule has 2 N–H and O–H groups in total. The predicted octanol–water partition coefficient (Wildman–Crippen LogP) is 4.17. The summed E-state index contributed by atoms with van der Waals surface area (Å²) >= 11 is 0. The summed E-state index contributed by atoms with van der Waals surface area (Å²) in [6.07, 6.45) is 1.71. The number of nitrogens with zero attached hydrogens (tertiary/aromatic N) is 3. The Hall–Kier alpha value is -3.45. The lowest BCUT2D eigenvalue weighted by Crippen LogP contribution is -2.36. The van der Waals surface area contributed by atoms with Gasteiger partial charge in [-0.15, -0.1) is 0 Å². The molecule has 0 radical (unpaired) electrons. The summed E-state index contributed by atoms with van der Waals surface area (Å²) < 4.78 is 5.41. The fourth-order valence-electron chi connectivity index (χ4n) is 3.28. The van der Waals surface area contributed by atoms with E-state index in [9.17, 15) is 4.79 Å². The molecule has 0 unspecified atom stereocenters. The van der Waals surface area contributed by atoms with Gasteiger partial charge in [-0.25, -0.2) is 9.97 Å². The SMILES string of the molecule is CC(=O)Nc1ccccc1-c1ccnc(Nc2ccc(N3CCOCC3)cc2)n1.[HH].[HH]. The molecule has 2 heterocycles. The second-order valence-electron chi connectivity index (χ2n) is 6.76. The highest BCUT2D eigenvalue weighted by atomic mass is 16.5. The van der Waals surface area contributed by atoms with Crippen LogP contribution in [0.15, 0.2) is 60.8 Å². The van der Waals surface area contributed by atoms with Gasteiger partial charge in [-0.3, -0.25) is 4.79 Å². The minimum atomic E-state index is -0.120. The van der Waals surface area contributed by atoms with E-state index in [-0.39, 0.29) is 8.76 Å². The molecular weight excluding hydrogens is 366 g/mol. The minimum Gasteiger partial charge on any atom is -0.378 e. The van der Waals surface area contributed by atoms with E-state index in [1.165, 1.54) is 12.6 Å². The fourth-order valence-corrected chi connectivity index (χ4v) is 3.28. The normalized spacial score (nSPS) is 13.8. The van der Waals surface area contributed by atoms with Gasteiger partial charge in [0.05, 0.1) is 24.6 Å². The van der Waals surface area contributed by atoms with Gasteiger partial charge in [-0.2, -0.15) is 0 Å². The van der Waals surface area contributed by atoms with Crippen LogP contribution < -0.4 is 15.5 Å². The van der Waals surface area contributed by atoms with Gasteiger partial charge in [0.2, 0.25) is 11.9 Å². The smallest absolute Gasteiger partial charge is 0.227 e. The Morgan fingerprint density at radius 2 is 1.83 bits per heavy atom. The van der Waals surface area contributed by atoms with Crippen LogP contribution in [0.3, 0.4) is 0 Å². The first kappa shape index (κ1) is 18.9. The molecular formula is C22H27N5O2. The maximum atomic E-state index is 11.5. The van der Waals surface area contributed by atoms with Crippen molar-refractivity contribution in [2.24, 2.45) is 0 Å². The topological polar surface area (TPSA) is 79.4 Å². The predicted molar refractivity (Wildman–Crippen MR) is 119 cm³/mol. The highest BCUT2D eigenvalue weighted by molar-refractivity contribution is 5.93. The van der Waals surface area contributed by atoms with Crippen molar-refractivity contribution in [2.75, 3.05) is 41.8 Å². The van der Waals surface area contributed by atoms with Crippen LogP contribution in [0.4, 0.5) is 23.0 Å². The summed E-state index contributed by atoms with van der Waals surface area (Å²) in [5.74, 6) is 0.379. The standard InChI is InChI=1S/C22H23N5O2.2H2/c1-16(28)24-20-5-3-2-4-19(20)21-10-11-23-22(26-21)25-17-6-8-18(9-7-17)27-12-14-29-15-13-27;;/h2-11H,12-15H2,1H3,(H,24,28)(H,23,25,26);2*1H. The van der Waals surface area contributed by atoms with Gasteiger partial charge in [0.15, 0.2) is 0 Å². The van der Waals surface area contributed by atoms with Crippen LogP contribution in [0.25, 0.3) is 11.3 Å². The van der Waals surface area contributed by atoms with E-state index in [0.717, 1.165) is 48.9 Å². The molecule has 1 saturated heterocycles. The Labute approximate surface area is 172 Å². The molecule has 1 aliphatic heterocycles. The number of aromatic nitrogens is 2. The van der Waals surface area contributed by atoms with Crippen molar-refractivity contribution in [2.45, 2.75) is 6.92 Å². The average molecular weight is 393 g/mol. The Morgan fingerprint density at radius 3 is 2.59 bits per heavy atom. The van der Waals surface area contributed by atoms with Crippen molar-refractivity contribution < 1.29 is 12.4 Å². The minimum absolute atomic E-state index is 0. The van der Waals surface area contributed by atoms with Gasteiger partial charge in [-0.1, -0.05) is 18.2 Å². The number of hydrogen-bond acceptors (Lipinski definition) is 6. The van der Waals surface area contributed by atoms with Crippen molar-refractivity contribution in [3.05, 3.63) is 60.8 Å². The van der Waals surface area contributed by atoms with E-state index >= 15 is 0 Å². The zero-order chi connectivity index (χ0) is 20.1. The molecule has 2 aromatic carbocycles. The first-order valence-electron chi connectivity index (χ1n) is 9.59. The van der Waals surface area contributed by atoms with Crippen molar-refractivity contribution >= 4 is 28.9 Å². The highest BCUT2D eigenvalue weighted by Gasteiger charge is 2.11. The highest BCUT2D eigenvalue weighted by Crippen LogP contribution is 2.27. The molecule has 7 heteroatoms. The number of amides is 1. The summed E-state index contributed by atoms with van der Waals surface area (Å²) in [5, 5.41) is 6.10. The van der Waals surface area contributed by atoms with E-state index in [0.29, 0.717) is 5.95 Å². The van der Waals surface area contributed by atoms with Gasteiger partial charge < -0.3 is 20.3 Å². The molecule has 0 atom stereocenters. The number of carbonyl (C=O) groups is 1. The molecule has 152 valence electrons. The second kappa shape index (κ2) is 8.70. The number of benzene rings is 2. The van der Waals surface area contributed by atoms with E-state index in [2.05, 4.69) is 37.6 Å². The van der Waals surface area contributed by atoms with Gasteiger partial charge in [0.1, 0.15) is 0 Å². The first-order valence-corrected chi connectivity index (χ1v) is 9.59. The number of morpholine rings is 1. The zero-order valence-corrected chi connectivity index (χ0v) is 16.3. The number of anilines is 4. The summed E-state index contributed by atoms with van der Waals surface area (Å²) in [7, 11) is 0. The largest absolute Gasteiger partial charge is 0.378 e. The van der Waals surface area contributed by atoms with Crippen LogP contribution >= 0.6 is 0 Å². The number of nitrogens with one attached hydrogen (secondary N) is 2. The van der Waals surface area contributed by atoms with Gasteiger partial charge in [0, 0.05) is 46.0 Å². The van der Waals surface area contributed by atoms with Gasteiger partial charge in [-0.05, 0) is 36.4 Å². The maximum absolute atomic E-state index is 11.5. The molecule has 0 aliphatic carbocycles. The Balaban J connectivity index is 0.00000171. The Bertz CT molecular complexity index is 995. The van der Waals surface area contributed by atoms with Crippen LogP contribution in [0, 0.1) is 0 Å². The molecule has 7 nitrogen and oxygen atoms in total. The summed E-state index contributed by atoms with van der Waals surface area (Å²) in [4.78, 5) is 22.7. The van der Waals surface area contributed by atoms with Gasteiger partial charge >= 0.3 is 0 Å². The number of carbonyl (C=O) groups excluding carboxylic acids is 1. The lowest BCUT2D eigenvalue weighted by Gasteiger charge is -2.28. The van der Waals surface area contributed by atoms with Crippen LogP contribution in [-0.4, -0.2) is 42.2 Å². The zero-order valence-electron chi connectivity index (χ0n) is 16.3. The molecule has 0 bridgehead atoms. The number of ether oxygens (including phenoxy) is 1. The molecule has 1 aromatic heterocycles. The summed E-state index contributed by atoms with van der Waals surface area (Å²) in [6.45, 7) is 4.84. The van der Waals surface area contributed by atoms with Gasteiger partial charge in [0.25, 0.3) is 0 Å². The van der Waals surface area contributed by atoms with Crippen LogP contribution in [0.5, 0.6) is 0 Å². The number of rotatable bonds is 5. The average Bonchev–Trinajstić information content (AvgIpc) is 2.75. The van der Waals surface area contributed by atoms with E-state index in [4.69, 9.17) is 4.74 Å². The molecule has 1 aliphatic rings. The number of para-hydroxylation sites is 1. The quantitative estimate of drug-likeness (QED) is 0.677. The van der Waals surface area contributed by atoms with Crippen molar-refractivity contribution in [3.63, 3.8) is 0 Å². The van der Waals surface area contributed by atoms with Crippen molar-refractivity contribution in [1.29, 1.82) is 0 Å². The molecule has 3 aromatic rings. The summed E-state index contributed by atoms with van der Waals surface area (Å²) in [6, 6.07) is 17.6. The molecule has 4 rings (SSSR count). The van der Waals surface area contributed by atoms with Crippen molar-refractivity contribution in [1.82, 2.24) is 9.97 Å². The molecule has 29 heavy (non-hydrogen) atoms. The third kappa shape index (κ3) is 4.70. The van der Waals surface area contributed by atoms with Crippen molar-refractivity contribution in [3.8, 4) is 11.3 Å². The molecule has 0 spiro atoms. The van der Waals surface area contributed by atoms with Crippen LogP contribution in [0.2, 0.25) is 0 Å². The second-order valence-corrected chi connectivity index (χ2v) is 6.76.